The molecule has 0 aliphatic carbocycles. The number of nitrogens with two attached hydrogens (primary N) is 1. The summed E-state index contributed by atoms with van der Waals surface area (Å²) in [6.07, 6.45) is 3.31. The number of benzene rings is 1. The first kappa shape index (κ1) is 12.9. The van der Waals surface area contributed by atoms with Gasteiger partial charge in [0.2, 0.25) is 0 Å². The largest absolute Gasteiger partial charge is 0.486 e. The molecule has 2 aliphatic rings. The van der Waals surface area contributed by atoms with Crippen LogP contribution in [0.5, 0.6) is 11.5 Å². The number of amides is 2. The highest BCUT2D eigenvalue weighted by molar-refractivity contribution is 5.93. The first-order valence-corrected chi connectivity index (χ1v) is 6.99. The summed E-state index contributed by atoms with van der Waals surface area (Å²) < 4.78 is 11.0. The minimum Gasteiger partial charge on any atom is -0.486 e. The monoisotopic (exact) mass is 277 g/mol. The van der Waals surface area contributed by atoms with E-state index in [2.05, 4.69) is 5.32 Å². The van der Waals surface area contributed by atoms with Gasteiger partial charge in [-0.05, 0) is 19.3 Å². The quantitative estimate of drug-likeness (QED) is 0.770. The predicted octanol–water partition coefficient (Wildman–Crippen LogP) is 2.06. The second-order valence-electron chi connectivity index (χ2n) is 5.06. The number of anilines is 2. The maximum atomic E-state index is 12.2. The van der Waals surface area contributed by atoms with Crippen molar-refractivity contribution in [1.82, 2.24) is 4.90 Å². The minimum atomic E-state index is -0.104. The van der Waals surface area contributed by atoms with E-state index in [0.717, 1.165) is 25.9 Å². The van der Waals surface area contributed by atoms with E-state index >= 15 is 0 Å². The minimum absolute atomic E-state index is 0.104. The van der Waals surface area contributed by atoms with Gasteiger partial charge >= 0.3 is 6.03 Å². The SMILES string of the molecule is Nc1cc2c(cc1NC(=O)N1CCCCC1)OCCO2. The molecule has 2 heterocycles. The first-order chi connectivity index (χ1) is 9.74. The normalized spacial score (nSPS) is 17.7. The Hall–Kier alpha value is -2.11. The fraction of sp³-hybridized carbons (Fsp3) is 0.500. The smallest absolute Gasteiger partial charge is 0.321 e. The number of urea groups is 1. The van der Waals surface area contributed by atoms with Crippen molar-refractivity contribution in [1.29, 1.82) is 0 Å². The Morgan fingerprint density at radius 2 is 1.75 bits per heavy atom. The Balaban J connectivity index is 1.74. The van der Waals surface area contributed by atoms with Crippen LogP contribution in [-0.4, -0.2) is 37.2 Å². The molecule has 0 atom stereocenters. The van der Waals surface area contributed by atoms with Gasteiger partial charge < -0.3 is 25.4 Å². The molecule has 0 aromatic heterocycles. The molecule has 20 heavy (non-hydrogen) atoms. The van der Waals surface area contributed by atoms with Crippen LogP contribution in [0, 0.1) is 0 Å². The van der Waals surface area contributed by atoms with Gasteiger partial charge in [-0.15, -0.1) is 0 Å². The average molecular weight is 277 g/mol. The van der Waals surface area contributed by atoms with E-state index in [9.17, 15) is 4.79 Å². The third kappa shape index (κ3) is 2.59. The zero-order chi connectivity index (χ0) is 13.9. The van der Waals surface area contributed by atoms with Crippen molar-refractivity contribution in [2.45, 2.75) is 19.3 Å². The Kier molecular flexibility index (Phi) is 3.54. The van der Waals surface area contributed by atoms with Crippen molar-refractivity contribution in [3.05, 3.63) is 12.1 Å². The van der Waals surface area contributed by atoms with Gasteiger partial charge in [0.15, 0.2) is 11.5 Å². The molecule has 0 saturated carbocycles. The van der Waals surface area contributed by atoms with E-state index in [4.69, 9.17) is 15.2 Å². The first-order valence-electron chi connectivity index (χ1n) is 6.99. The summed E-state index contributed by atoms with van der Waals surface area (Å²) in [7, 11) is 0. The molecule has 1 aromatic rings. The Bertz CT molecular complexity index is 513. The molecule has 6 nitrogen and oxygen atoms in total. The average Bonchev–Trinajstić information content (AvgIpc) is 2.49. The van der Waals surface area contributed by atoms with Crippen LogP contribution in [0.2, 0.25) is 0 Å². The van der Waals surface area contributed by atoms with Crippen molar-refractivity contribution in [2.24, 2.45) is 0 Å². The fourth-order valence-electron chi connectivity index (χ4n) is 2.50. The highest BCUT2D eigenvalue weighted by atomic mass is 16.6. The molecule has 0 bridgehead atoms. The molecule has 6 heteroatoms. The number of rotatable bonds is 1. The fourth-order valence-corrected chi connectivity index (χ4v) is 2.50. The standard InChI is InChI=1S/C14H19N3O3/c15-10-8-12-13(20-7-6-19-12)9-11(10)16-14(18)17-4-2-1-3-5-17/h8-9H,1-7,15H2,(H,16,18). The van der Waals surface area contributed by atoms with Gasteiger partial charge in [-0.3, -0.25) is 0 Å². The summed E-state index contributed by atoms with van der Waals surface area (Å²) in [5.41, 5.74) is 7.01. The Labute approximate surface area is 117 Å². The van der Waals surface area contributed by atoms with E-state index in [-0.39, 0.29) is 6.03 Å². The van der Waals surface area contributed by atoms with Gasteiger partial charge in [0.05, 0.1) is 11.4 Å². The third-order valence-corrected chi connectivity index (χ3v) is 3.60. The van der Waals surface area contributed by atoms with Crippen LogP contribution in [0.25, 0.3) is 0 Å². The zero-order valence-electron chi connectivity index (χ0n) is 11.4. The van der Waals surface area contributed by atoms with Crippen LogP contribution < -0.4 is 20.5 Å². The van der Waals surface area contributed by atoms with E-state index < -0.39 is 0 Å². The maximum Gasteiger partial charge on any atom is 0.321 e. The zero-order valence-corrected chi connectivity index (χ0v) is 11.4. The summed E-state index contributed by atoms with van der Waals surface area (Å²) in [5, 5.41) is 2.86. The molecule has 3 rings (SSSR count). The third-order valence-electron chi connectivity index (χ3n) is 3.60. The number of nitrogen functional groups attached to an aromatic ring is 1. The van der Waals surface area contributed by atoms with Crippen molar-refractivity contribution in [3.8, 4) is 11.5 Å². The number of ether oxygens (including phenoxy) is 2. The lowest BCUT2D eigenvalue weighted by molar-refractivity contribution is 0.172. The molecule has 1 aromatic carbocycles. The molecule has 2 amide bonds. The van der Waals surface area contributed by atoms with Gasteiger partial charge in [-0.25, -0.2) is 4.79 Å². The molecule has 2 aliphatic heterocycles. The van der Waals surface area contributed by atoms with Crippen LogP contribution in [0.4, 0.5) is 16.2 Å². The summed E-state index contributed by atoms with van der Waals surface area (Å²) in [4.78, 5) is 14.0. The van der Waals surface area contributed by atoms with E-state index in [0.29, 0.717) is 36.1 Å². The van der Waals surface area contributed by atoms with Gasteiger partial charge in [-0.1, -0.05) is 0 Å². The summed E-state index contributed by atoms with van der Waals surface area (Å²) >= 11 is 0. The van der Waals surface area contributed by atoms with Crippen molar-refractivity contribution in [3.63, 3.8) is 0 Å². The molecular weight excluding hydrogens is 258 g/mol. The van der Waals surface area contributed by atoms with E-state index in [1.165, 1.54) is 6.42 Å². The molecule has 1 saturated heterocycles. The number of carbonyl (C=O) groups excluding carboxylic acids is 1. The van der Waals surface area contributed by atoms with E-state index in [1.807, 2.05) is 4.90 Å². The highest BCUT2D eigenvalue weighted by Crippen LogP contribution is 2.37. The summed E-state index contributed by atoms with van der Waals surface area (Å²) in [5.74, 6) is 1.25. The topological polar surface area (TPSA) is 76.8 Å². The number of carbonyl (C=O) groups is 1. The lowest BCUT2D eigenvalue weighted by atomic mass is 10.1. The number of hydrogen-bond acceptors (Lipinski definition) is 4. The molecule has 0 spiro atoms. The molecule has 0 unspecified atom stereocenters. The number of likely N-dealkylation sites (tertiary alicyclic amines) is 1. The van der Waals surface area contributed by atoms with E-state index in [1.54, 1.807) is 12.1 Å². The molecule has 1 fully saturated rings. The molecule has 3 N–H and O–H groups in total. The second-order valence-corrected chi connectivity index (χ2v) is 5.06. The van der Waals surface area contributed by atoms with Crippen LogP contribution in [0.3, 0.4) is 0 Å². The van der Waals surface area contributed by atoms with Crippen LogP contribution in [-0.2, 0) is 0 Å². The van der Waals surface area contributed by atoms with Gasteiger partial charge in [0.25, 0.3) is 0 Å². The number of piperidine rings is 1. The Morgan fingerprint density at radius 3 is 2.45 bits per heavy atom. The summed E-state index contributed by atoms with van der Waals surface area (Å²) in [6, 6.07) is 3.32. The van der Waals surface area contributed by atoms with Gasteiger partial charge in [0.1, 0.15) is 13.2 Å². The summed E-state index contributed by atoms with van der Waals surface area (Å²) in [6.45, 7) is 2.63. The van der Waals surface area contributed by atoms with Crippen LogP contribution in [0.15, 0.2) is 12.1 Å². The van der Waals surface area contributed by atoms with Gasteiger partial charge in [-0.2, -0.15) is 0 Å². The number of fused-ring (bicyclic) bond motifs is 1. The predicted molar refractivity (Wildman–Crippen MR) is 76.3 cm³/mol. The van der Waals surface area contributed by atoms with Crippen molar-refractivity contribution < 1.29 is 14.3 Å². The highest BCUT2D eigenvalue weighted by Gasteiger charge is 2.19. The lowest BCUT2D eigenvalue weighted by Crippen LogP contribution is -2.38. The molecular formula is C14H19N3O3. The number of nitrogens with one attached hydrogen (secondary N) is 1. The van der Waals surface area contributed by atoms with Crippen molar-refractivity contribution >= 4 is 17.4 Å². The number of nitrogens with zero attached hydrogens (tertiary/aromatic N) is 1. The Morgan fingerprint density at radius 1 is 1.10 bits per heavy atom. The van der Waals surface area contributed by atoms with Crippen molar-refractivity contribution in [2.75, 3.05) is 37.4 Å². The van der Waals surface area contributed by atoms with Crippen LogP contribution >= 0.6 is 0 Å². The maximum absolute atomic E-state index is 12.2. The molecule has 108 valence electrons. The second kappa shape index (κ2) is 5.48. The lowest BCUT2D eigenvalue weighted by Gasteiger charge is -2.27. The molecule has 0 radical (unpaired) electrons. The number of hydrogen-bond donors (Lipinski definition) is 2. The van der Waals surface area contributed by atoms with Crippen LogP contribution in [0.1, 0.15) is 19.3 Å². The van der Waals surface area contributed by atoms with Gasteiger partial charge in [0, 0.05) is 25.2 Å².